The number of hydrogen-bond acceptors (Lipinski definition) is 1. The van der Waals surface area contributed by atoms with Gasteiger partial charge in [0, 0.05) is 0 Å². The SMILES string of the molecule is NC(=S)[NH][Cu]. The quantitative estimate of drug-likeness (QED) is 0.343. The van der Waals surface area contributed by atoms with Crippen molar-refractivity contribution < 1.29 is 16.2 Å². The summed E-state index contributed by atoms with van der Waals surface area (Å²) >= 11 is 8.54. The van der Waals surface area contributed by atoms with Crippen molar-refractivity contribution in [3.8, 4) is 0 Å². The van der Waals surface area contributed by atoms with E-state index in [1.807, 2.05) is 0 Å². The second kappa shape index (κ2) is 2.45. The van der Waals surface area contributed by atoms with Gasteiger partial charge in [0.05, 0.1) is 0 Å². The molecule has 0 fully saturated rings. The van der Waals surface area contributed by atoms with Crippen molar-refractivity contribution in [3.05, 3.63) is 0 Å². The molecule has 0 atom stereocenters. The van der Waals surface area contributed by atoms with Crippen LogP contribution in [-0.4, -0.2) is 5.11 Å². The molecule has 0 aliphatic heterocycles. The van der Waals surface area contributed by atoms with Crippen molar-refractivity contribution in [2.24, 2.45) is 5.73 Å². The number of rotatable bonds is 0. The standard InChI is InChI=1S/CH4N2S.Cu/c2-1(3)4;/h(H4,2,3,4);/q;+1/p-1. The summed E-state index contributed by atoms with van der Waals surface area (Å²) in [6.45, 7) is 0. The summed E-state index contributed by atoms with van der Waals surface area (Å²) in [5, 5.41) is 0.144. The van der Waals surface area contributed by atoms with Crippen LogP contribution in [0.25, 0.3) is 0 Å². The van der Waals surface area contributed by atoms with Crippen LogP contribution in [-0.2, 0) is 16.2 Å². The maximum atomic E-state index is 4.80. The molecule has 0 heterocycles. The van der Waals surface area contributed by atoms with E-state index >= 15 is 0 Å². The van der Waals surface area contributed by atoms with Crippen LogP contribution in [0.2, 0.25) is 0 Å². The number of thiocarbonyl (C=S) groups is 1. The van der Waals surface area contributed by atoms with Gasteiger partial charge >= 0.3 is 43.6 Å². The van der Waals surface area contributed by atoms with E-state index in [0.717, 1.165) is 0 Å². The van der Waals surface area contributed by atoms with Gasteiger partial charge in [0.15, 0.2) is 0 Å². The Morgan fingerprint density at radius 3 is 2.20 bits per heavy atom. The van der Waals surface area contributed by atoms with Gasteiger partial charge in [0.25, 0.3) is 0 Å². The zero-order valence-corrected chi connectivity index (χ0v) is 4.05. The van der Waals surface area contributed by atoms with Crippen molar-refractivity contribution in [1.82, 2.24) is 4.33 Å². The summed E-state index contributed by atoms with van der Waals surface area (Å²) in [5.41, 5.74) is 4.80. The third kappa shape index (κ3) is 4.21. The molecule has 0 aliphatic rings. The molecule has 0 bridgehead atoms. The summed E-state index contributed by atoms with van der Waals surface area (Å²) in [5.74, 6) is 0. The van der Waals surface area contributed by atoms with Gasteiger partial charge in [-0.1, -0.05) is 0 Å². The van der Waals surface area contributed by atoms with Crippen LogP contribution >= 0.6 is 12.2 Å². The van der Waals surface area contributed by atoms with Gasteiger partial charge in [-0.05, 0) is 0 Å². The van der Waals surface area contributed by atoms with Crippen LogP contribution in [0, 0.1) is 0 Å². The van der Waals surface area contributed by atoms with Crippen LogP contribution in [0.1, 0.15) is 0 Å². The maximum absolute atomic E-state index is 4.80. The van der Waals surface area contributed by atoms with Crippen LogP contribution in [0.3, 0.4) is 0 Å². The third-order valence-electron chi connectivity index (χ3n) is 0.0743. The Hall–Kier alpha value is 0.209. The van der Waals surface area contributed by atoms with Crippen LogP contribution < -0.4 is 10.1 Å². The average molecular weight is 139 g/mol. The van der Waals surface area contributed by atoms with E-state index in [2.05, 4.69) is 32.8 Å². The van der Waals surface area contributed by atoms with E-state index in [9.17, 15) is 0 Å². The average Bonchev–Trinajstić information content (AvgIpc) is 1.38. The van der Waals surface area contributed by atoms with Crippen LogP contribution in [0.5, 0.6) is 0 Å². The molecule has 4 heteroatoms. The van der Waals surface area contributed by atoms with Gasteiger partial charge < -0.3 is 0 Å². The predicted octanol–water partition coefficient (Wildman–Crippen LogP) is -0.719. The zero-order chi connectivity index (χ0) is 4.28. The van der Waals surface area contributed by atoms with Gasteiger partial charge in [-0.15, -0.1) is 0 Å². The molecule has 34 valence electrons. The molecule has 0 rings (SSSR count). The van der Waals surface area contributed by atoms with Crippen LogP contribution in [0.15, 0.2) is 0 Å². The Balaban J connectivity index is 2.85. The van der Waals surface area contributed by atoms with E-state index < -0.39 is 0 Å². The van der Waals surface area contributed by atoms with Crippen LogP contribution in [0.4, 0.5) is 0 Å². The molecule has 2 nitrogen and oxygen atoms in total. The van der Waals surface area contributed by atoms with Gasteiger partial charge in [0.1, 0.15) is 0 Å². The molecule has 5 heavy (non-hydrogen) atoms. The molecule has 0 aromatic carbocycles. The fraction of sp³-hybridized carbons (Fsp3) is 0. The van der Waals surface area contributed by atoms with Gasteiger partial charge in [-0.3, -0.25) is 0 Å². The van der Waals surface area contributed by atoms with Crippen molar-refractivity contribution in [2.75, 3.05) is 0 Å². The molecule has 0 saturated carbocycles. The minimum absolute atomic E-state index is 0.144. The zero-order valence-electron chi connectivity index (χ0n) is 2.29. The topological polar surface area (TPSA) is 38.0 Å². The number of nitrogens with one attached hydrogen (secondary N) is 1. The molecule has 0 aromatic rings. The second-order valence-corrected chi connectivity index (χ2v) is 1.11. The molecule has 0 aromatic heterocycles. The van der Waals surface area contributed by atoms with E-state index in [1.54, 1.807) is 0 Å². The first kappa shape index (κ1) is 5.21. The fourth-order valence-electron chi connectivity index (χ4n) is 0. The fourth-order valence-corrected chi connectivity index (χ4v) is 0. The molecule has 0 unspecified atom stereocenters. The van der Waals surface area contributed by atoms with Crippen molar-refractivity contribution in [2.45, 2.75) is 0 Å². The molecule has 3 N–H and O–H groups in total. The van der Waals surface area contributed by atoms with E-state index in [1.165, 1.54) is 0 Å². The summed E-state index contributed by atoms with van der Waals surface area (Å²) < 4.78 is 2.10. The molecule has 0 saturated heterocycles. The monoisotopic (exact) mass is 138 g/mol. The summed E-state index contributed by atoms with van der Waals surface area (Å²) in [4.78, 5) is 0. The number of nitrogens with two attached hydrogens (primary N) is 1. The molecular formula is CH3CuN2S. The molecule has 0 radical (unpaired) electrons. The Morgan fingerprint density at radius 2 is 2.20 bits per heavy atom. The van der Waals surface area contributed by atoms with Gasteiger partial charge in [0.2, 0.25) is 0 Å². The summed E-state index contributed by atoms with van der Waals surface area (Å²) in [6.07, 6.45) is 0. The van der Waals surface area contributed by atoms with Gasteiger partial charge in [-0.25, -0.2) is 0 Å². The Labute approximate surface area is 44.1 Å². The first-order valence-electron chi connectivity index (χ1n) is 0.894. The summed E-state index contributed by atoms with van der Waals surface area (Å²) in [6, 6.07) is 0. The van der Waals surface area contributed by atoms with Crippen molar-refractivity contribution >= 4 is 17.3 Å². The second-order valence-electron chi connectivity index (χ2n) is 0.440. The minimum atomic E-state index is 0.144. The normalized spacial score (nSPS) is 6.80. The first-order valence-corrected chi connectivity index (χ1v) is 1.77. The van der Waals surface area contributed by atoms with Gasteiger partial charge in [-0.2, -0.15) is 0 Å². The molecule has 0 amide bonds. The molecular weight excluding hydrogens is 136 g/mol. The van der Waals surface area contributed by atoms with Crippen molar-refractivity contribution in [3.63, 3.8) is 0 Å². The van der Waals surface area contributed by atoms with Crippen molar-refractivity contribution in [1.29, 1.82) is 0 Å². The Kier molecular flexibility index (Phi) is 2.55. The number of hydrogen-bond donors (Lipinski definition) is 2. The molecule has 0 aliphatic carbocycles. The Bertz CT molecular complexity index is 44.9. The predicted molar refractivity (Wildman–Crippen MR) is 19.9 cm³/mol. The first-order chi connectivity index (χ1) is 2.27. The van der Waals surface area contributed by atoms with E-state index in [-0.39, 0.29) is 5.11 Å². The van der Waals surface area contributed by atoms with E-state index in [4.69, 9.17) is 5.73 Å². The molecule has 0 spiro atoms. The third-order valence-corrected chi connectivity index (χ3v) is 0.560. The summed E-state index contributed by atoms with van der Waals surface area (Å²) in [7, 11) is 0. The Morgan fingerprint density at radius 1 is 2.00 bits per heavy atom. The van der Waals surface area contributed by atoms with E-state index in [0.29, 0.717) is 0 Å².